The predicted molar refractivity (Wildman–Crippen MR) is 108 cm³/mol. The molecular formula is C21H27FN4OS. The summed E-state index contributed by atoms with van der Waals surface area (Å²) in [5.41, 5.74) is 0.974. The summed E-state index contributed by atoms with van der Waals surface area (Å²) in [5, 5.41) is 9.32. The maximum atomic E-state index is 13.3. The second kappa shape index (κ2) is 8.64. The fourth-order valence-corrected chi connectivity index (χ4v) is 4.95. The van der Waals surface area contributed by atoms with Gasteiger partial charge in [0, 0.05) is 18.6 Å². The molecule has 28 heavy (non-hydrogen) atoms. The molecule has 2 aromatic rings. The molecule has 2 aliphatic rings. The van der Waals surface area contributed by atoms with Gasteiger partial charge in [-0.2, -0.15) is 0 Å². The molecule has 5 nitrogen and oxygen atoms in total. The van der Waals surface area contributed by atoms with Crippen LogP contribution in [0, 0.1) is 12.7 Å². The van der Waals surface area contributed by atoms with Gasteiger partial charge >= 0.3 is 0 Å². The van der Waals surface area contributed by atoms with Crippen molar-refractivity contribution in [2.45, 2.75) is 75.7 Å². The molecule has 1 aromatic heterocycles. The van der Waals surface area contributed by atoms with E-state index in [0.29, 0.717) is 18.3 Å². The van der Waals surface area contributed by atoms with Crippen LogP contribution in [0.2, 0.25) is 0 Å². The van der Waals surface area contributed by atoms with Crippen LogP contribution in [0.15, 0.2) is 29.4 Å². The minimum atomic E-state index is -0.246. The first-order chi connectivity index (χ1) is 13.6. The standard InChI is InChI=1S/C21H27FN4OS/c1-15-23-24-21(26(15)19-11-12-19)28-14-20(27)25(18-5-3-2-4-6-18)13-16-7-9-17(22)10-8-16/h7-10,18-19H,2-6,11-14H2,1H3. The van der Waals surface area contributed by atoms with Gasteiger partial charge in [0.05, 0.1) is 5.75 Å². The van der Waals surface area contributed by atoms with Gasteiger partial charge in [-0.3, -0.25) is 4.79 Å². The summed E-state index contributed by atoms with van der Waals surface area (Å²) in [4.78, 5) is 15.2. The van der Waals surface area contributed by atoms with E-state index in [9.17, 15) is 9.18 Å². The van der Waals surface area contributed by atoms with Gasteiger partial charge in [-0.15, -0.1) is 10.2 Å². The number of aromatic nitrogens is 3. The van der Waals surface area contributed by atoms with Crippen LogP contribution in [0.3, 0.4) is 0 Å². The van der Waals surface area contributed by atoms with E-state index in [4.69, 9.17) is 0 Å². The topological polar surface area (TPSA) is 51.0 Å². The number of aryl methyl sites for hydroxylation is 1. The Morgan fingerprint density at radius 1 is 1.14 bits per heavy atom. The Kier molecular flexibility index (Phi) is 5.99. The zero-order valence-electron chi connectivity index (χ0n) is 16.3. The molecule has 0 aliphatic heterocycles. The Morgan fingerprint density at radius 3 is 2.54 bits per heavy atom. The summed E-state index contributed by atoms with van der Waals surface area (Å²) in [5.74, 6) is 1.17. The summed E-state index contributed by atoms with van der Waals surface area (Å²) < 4.78 is 15.4. The van der Waals surface area contributed by atoms with Gasteiger partial charge in [0.1, 0.15) is 11.6 Å². The quantitative estimate of drug-likeness (QED) is 0.639. The van der Waals surface area contributed by atoms with Crippen LogP contribution < -0.4 is 0 Å². The third-order valence-corrected chi connectivity index (χ3v) is 6.60. The molecule has 2 fully saturated rings. The molecule has 7 heteroatoms. The number of benzene rings is 1. The van der Waals surface area contributed by atoms with Gasteiger partial charge < -0.3 is 9.47 Å². The lowest BCUT2D eigenvalue weighted by atomic mass is 9.94. The molecule has 2 aliphatic carbocycles. The monoisotopic (exact) mass is 402 g/mol. The first kappa shape index (κ1) is 19.4. The van der Waals surface area contributed by atoms with Crippen molar-refractivity contribution in [2.75, 3.05) is 5.75 Å². The largest absolute Gasteiger partial charge is 0.335 e. The lowest BCUT2D eigenvalue weighted by Crippen LogP contribution is -2.42. The van der Waals surface area contributed by atoms with Crippen LogP contribution in [-0.2, 0) is 11.3 Å². The summed E-state index contributed by atoms with van der Waals surface area (Å²) in [6, 6.07) is 7.26. The van der Waals surface area contributed by atoms with Crippen LogP contribution in [0.5, 0.6) is 0 Å². The normalized spacial score (nSPS) is 17.6. The highest BCUT2D eigenvalue weighted by molar-refractivity contribution is 7.99. The van der Waals surface area contributed by atoms with E-state index in [1.807, 2.05) is 11.8 Å². The Labute approximate surface area is 169 Å². The number of halogens is 1. The molecule has 1 amide bonds. The summed E-state index contributed by atoms with van der Waals surface area (Å²) >= 11 is 1.49. The van der Waals surface area contributed by atoms with E-state index >= 15 is 0 Å². The van der Waals surface area contributed by atoms with E-state index in [2.05, 4.69) is 14.8 Å². The van der Waals surface area contributed by atoms with Crippen molar-refractivity contribution < 1.29 is 9.18 Å². The number of hydrogen-bond donors (Lipinski definition) is 0. The molecule has 0 N–H and O–H groups in total. The summed E-state index contributed by atoms with van der Waals surface area (Å²) in [7, 11) is 0. The number of amides is 1. The van der Waals surface area contributed by atoms with E-state index in [0.717, 1.165) is 29.4 Å². The molecule has 0 radical (unpaired) electrons. The molecule has 1 heterocycles. The number of carbonyl (C=O) groups excluding carboxylic acids is 1. The Balaban J connectivity index is 1.45. The van der Waals surface area contributed by atoms with Crippen LogP contribution in [0.25, 0.3) is 0 Å². The highest BCUT2D eigenvalue weighted by Crippen LogP contribution is 2.38. The van der Waals surface area contributed by atoms with Gasteiger partial charge in [-0.1, -0.05) is 43.2 Å². The first-order valence-electron chi connectivity index (χ1n) is 10.2. The van der Waals surface area contributed by atoms with E-state index < -0.39 is 0 Å². The van der Waals surface area contributed by atoms with Crippen LogP contribution >= 0.6 is 11.8 Å². The minimum absolute atomic E-state index is 0.129. The molecule has 0 spiro atoms. The molecule has 0 saturated heterocycles. The van der Waals surface area contributed by atoms with Gasteiger partial charge in [-0.25, -0.2) is 4.39 Å². The molecule has 0 atom stereocenters. The number of thioether (sulfide) groups is 1. The van der Waals surface area contributed by atoms with Crippen molar-refractivity contribution in [3.63, 3.8) is 0 Å². The van der Waals surface area contributed by atoms with Crippen LogP contribution in [-0.4, -0.2) is 37.4 Å². The fourth-order valence-electron chi connectivity index (χ4n) is 4.01. The van der Waals surface area contributed by atoms with E-state index in [1.165, 1.54) is 56.0 Å². The van der Waals surface area contributed by atoms with Crippen LogP contribution in [0.1, 0.15) is 62.4 Å². The predicted octanol–water partition coefficient (Wildman–Crippen LogP) is 4.51. The maximum Gasteiger partial charge on any atom is 0.233 e. The highest BCUT2D eigenvalue weighted by Gasteiger charge is 2.30. The Morgan fingerprint density at radius 2 is 1.86 bits per heavy atom. The highest BCUT2D eigenvalue weighted by atomic mass is 32.2. The molecule has 0 bridgehead atoms. The van der Waals surface area contributed by atoms with Gasteiger partial charge in [0.25, 0.3) is 0 Å². The van der Waals surface area contributed by atoms with Crippen molar-refractivity contribution in [1.29, 1.82) is 0 Å². The second-order valence-electron chi connectivity index (χ2n) is 7.86. The maximum absolute atomic E-state index is 13.3. The fraction of sp³-hybridized carbons (Fsp3) is 0.571. The number of hydrogen-bond acceptors (Lipinski definition) is 4. The van der Waals surface area contributed by atoms with E-state index in [-0.39, 0.29) is 17.8 Å². The molecule has 1 aromatic carbocycles. The summed E-state index contributed by atoms with van der Waals surface area (Å²) in [6.45, 7) is 2.51. The van der Waals surface area contributed by atoms with Gasteiger partial charge in [-0.05, 0) is 50.3 Å². The smallest absolute Gasteiger partial charge is 0.233 e. The van der Waals surface area contributed by atoms with Gasteiger partial charge in [0.2, 0.25) is 5.91 Å². The average molecular weight is 403 g/mol. The minimum Gasteiger partial charge on any atom is -0.335 e. The lowest BCUT2D eigenvalue weighted by Gasteiger charge is -2.34. The third kappa shape index (κ3) is 4.57. The first-order valence-corrected chi connectivity index (χ1v) is 11.2. The zero-order chi connectivity index (χ0) is 19.5. The van der Waals surface area contributed by atoms with Crippen molar-refractivity contribution in [1.82, 2.24) is 19.7 Å². The van der Waals surface area contributed by atoms with Gasteiger partial charge in [0.15, 0.2) is 5.16 Å². The SMILES string of the molecule is Cc1nnc(SCC(=O)N(Cc2ccc(F)cc2)C2CCCCC2)n1C1CC1. The van der Waals surface area contributed by atoms with Crippen molar-refractivity contribution in [2.24, 2.45) is 0 Å². The number of nitrogens with zero attached hydrogens (tertiary/aromatic N) is 4. The van der Waals surface area contributed by atoms with Crippen molar-refractivity contribution in [3.05, 3.63) is 41.5 Å². The van der Waals surface area contributed by atoms with Crippen molar-refractivity contribution >= 4 is 17.7 Å². The Bertz CT molecular complexity index is 812. The lowest BCUT2D eigenvalue weighted by molar-refractivity contribution is -0.132. The van der Waals surface area contributed by atoms with Crippen molar-refractivity contribution in [3.8, 4) is 0 Å². The summed E-state index contributed by atoms with van der Waals surface area (Å²) in [6.07, 6.45) is 8.01. The second-order valence-corrected chi connectivity index (χ2v) is 8.80. The van der Waals surface area contributed by atoms with E-state index in [1.54, 1.807) is 12.1 Å². The third-order valence-electron chi connectivity index (χ3n) is 5.67. The number of carbonyl (C=O) groups is 1. The Hall–Kier alpha value is -1.89. The number of rotatable bonds is 7. The molecular weight excluding hydrogens is 375 g/mol. The molecule has 150 valence electrons. The average Bonchev–Trinajstić information content (AvgIpc) is 3.48. The van der Waals surface area contributed by atoms with Crippen LogP contribution in [0.4, 0.5) is 4.39 Å². The molecule has 4 rings (SSSR count). The zero-order valence-corrected chi connectivity index (χ0v) is 17.1. The molecule has 2 saturated carbocycles. The molecule has 0 unspecified atom stereocenters.